The lowest BCUT2D eigenvalue weighted by atomic mass is 10.00. The fraction of sp³-hybridized carbons (Fsp3) is 1.00. The minimum atomic E-state index is -3.32. The summed E-state index contributed by atoms with van der Waals surface area (Å²) < 4.78 is 28.8. The monoisotopic (exact) mass is 290 g/mol. The van der Waals surface area contributed by atoms with Crippen LogP contribution in [0.15, 0.2) is 0 Å². The van der Waals surface area contributed by atoms with E-state index in [1.165, 1.54) is 0 Å². The maximum atomic E-state index is 12.8. The first-order valence-corrected chi connectivity index (χ1v) is 8.79. The first kappa shape index (κ1) is 15.2. The van der Waals surface area contributed by atoms with Crippen molar-refractivity contribution in [2.45, 2.75) is 58.0 Å². The molecule has 2 fully saturated rings. The lowest BCUT2D eigenvalue weighted by Gasteiger charge is -2.36. The largest absolute Gasteiger partial charge is 0.396 e. The second kappa shape index (κ2) is 6.08. The Bertz CT molecular complexity index is 391. The molecule has 2 rings (SSSR count). The molecule has 0 bridgehead atoms. The van der Waals surface area contributed by atoms with Gasteiger partial charge >= 0.3 is 0 Å². The molecule has 0 aliphatic carbocycles. The van der Waals surface area contributed by atoms with Crippen LogP contribution in [0.1, 0.15) is 46.0 Å². The van der Waals surface area contributed by atoms with Crippen molar-refractivity contribution in [2.75, 3.05) is 19.7 Å². The predicted molar refractivity (Wildman–Crippen MR) is 74.9 cm³/mol. The van der Waals surface area contributed by atoms with Gasteiger partial charge in [-0.25, -0.2) is 0 Å². The molecular formula is C13H26N2O3S. The van der Waals surface area contributed by atoms with Gasteiger partial charge in [-0.05, 0) is 44.9 Å². The summed E-state index contributed by atoms with van der Waals surface area (Å²) in [6, 6.07) is 0.279. The number of rotatable bonds is 4. The number of hydrogen-bond acceptors (Lipinski definition) is 3. The Labute approximate surface area is 116 Å². The molecule has 2 unspecified atom stereocenters. The molecule has 5 nitrogen and oxygen atoms in total. The smallest absolute Gasteiger partial charge is 0.282 e. The summed E-state index contributed by atoms with van der Waals surface area (Å²) in [6.07, 6.45) is 4.37. The zero-order valence-electron chi connectivity index (χ0n) is 12.0. The van der Waals surface area contributed by atoms with Gasteiger partial charge in [0, 0.05) is 31.8 Å². The molecule has 6 heteroatoms. The average molecular weight is 290 g/mol. The van der Waals surface area contributed by atoms with Gasteiger partial charge in [-0.15, -0.1) is 0 Å². The number of piperidine rings is 1. The van der Waals surface area contributed by atoms with Gasteiger partial charge < -0.3 is 5.11 Å². The first-order valence-electron chi connectivity index (χ1n) is 7.40. The number of nitrogens with zero attached hydrogens (tertiary/aromatic N) is 2. The molecule has 0 aromatic rings. The molecule has 112 valence electrons. The topological polar surface area (TPSA) is 60.9 Å². The molecule has 19 heavy (non-hydrogen) atoms. The summed E-state index contributed by atoms with van der Waals surface area (Å²) in [7, 11) is -3.32. The van der Waals surface area contributed by atoms with E-state index in [1.807, 2.05) is 6.92 Å². The molecule has 0 spiro atoms. The van der Waals surface area contributed by atoms with Crippen LogP contribution in [0.4, 0.5) is 0 Å². The molecule has 2 saturated heterocycles. The number of aliphatic hydroxyl groups excluding tert-OH is 1. The minimum Gasteiger partial charge on any atom is -0.396 e. The van der Waals surface area contributed by atoms with Crippen LogP contribution in [0.5, 0.6) is 0 Å². The van der Waals surface area contributed by atoms with E-state index < -0.39 is 10.2 Å². The van der Waals surface area contributed by atoms with E-state index in [4.69, 9.17) is 5.11 Å². The Morgan fingerprint density at radius 2 is 1.79 bits per heavy atom. The molecule has 0 aromatic heterocycles. The maximum absolute atomic E-state index is 12.8. The van der Waals surface area contributed by atoms with E-state index in [1.54, 1.807) is 8.61 Å². The van der Waals surface area contributed by atoms with Gasteiger partial charge in [0.25, 0.3) is 10.2 Å². The fourth-order valence-electron chi connectivity index (χ4n) is 3.30. The molecule has 2 aliphatic rings. The fourth-order valence-corrected chi connectivity index (χ4v) is 5.43. The van der Waals surface area contributed by atoms with Crippen molar-refractivity contribution in [1.82, 2.24) is 8.61 Å². The summed E-state index contributed by atoms with van der Waals surface area (Å²) in [5, 5.41) is 9.14. The SMILES string of the molecule is CCC1CCC(C)N1S(=O)(=O)N1CCC(CO)CC1. The predicted octanol–water partition coefficient (Wildman–Crippen LogP) is 1.20. The lowest BCUT2D eigenvalue weighted by Crippen LogP contribution is -2.51. The van der Waals surface area contributed by atoms with E-state index in [0.29, 0.717) is 13.1 Å². The van der Waals surface area contributed by atoms with Crippen molar-refractivity contribution in [3.63, 3.8) is 0 Å². The normalized spacial score (nSPS) is 31.9. The second-order valence-corrected chi connectivity index (χ2v) is 7.68. The standard InChI is InChI=1S/C13H26N2O3S/c1-3-13-5-4-11(2)15(13)19(17,18)14-8-6-12(10-16)7-9-14/h11-13,16H,3-10H2,1-2H3. The lowest BCUT2D eigenvalue weighted by molar-refractivity contribution is 0.163. The van der Waals surface area contributed by atoms with Gasteiger partial charge in [0.1, 0.15) is 0 Å². The van der Waals surface area contributed by atoms with Crippen molar-refractivity contribution < 1.29 is 13.5 Å². The van der Waals surface area contributed by atoms with Crippen LogP contribution in [-0.2, 0) is 10.2 Å². The van der Waals surface area contributed by atoms with E-state index in [-0.39, 0.29) is 24.6 Å². The highest BCUT2D eigenvalue weighted by Crippen LogP contribution is 2.32. The zero-order valence-corrected chi connectivity index (χ0v) is 12.8. The quantitative estimate of drug-likeness (QED) is 0.846. The van der Waals surface area contributed by atoms with Gasteiger partial charge in [-0.1, -0.05) is 6.92 Å². The van der Waals surface area contributed by atoms with Crippen molar-refractivity contribution in [3.05, 3.63) is 0 Å². The van der Waals surface area contributed by atoms with Crippen LogP contribution in [0.3, 0.4) is 0 Å². The third-order valence-electron chi connectivity index (χ3n) is 4.61. The molecule has 0 aromatic carbocycles. The Balaban J connectivity index is 2.09. The van der Waals surface area contributed by atoms with Crippen molar-refractivity contribution in [2.24, 2.45) is 5.92 Å². The Morgan fingerprint density at radius 3 is 2.32 bits per heavy atom. The minimum absolute atomic E-state index is 0.116. The molecule has 0 saturated carbocycles. The van der Waals surface area contributed by atoms with Gasteiger partial charge in [-0.3, -0.25) is 0 Å². The third-order valence-corrected chi connectivity index (χ3v) is 6.82. The van der Waals surface area contributed by atoms with Gasteiger partial charge in [-0.2, -0.15) is 17.0 Å². The molecule has 2 heterocycles. The highest BCUT2D eigenvalue weighted by Gasteiger charge is 2.42. The first-order chi connectivity index (χ1) is 9.00. The highest BCUT2D eigenvalue weighted by atomic mass is 32.2. The summed E-state index contributed by atoms with van der Waals surface area (Å²) in [5.41, 5.74) is 0. The molecular weight excluding hydrogens is 264 g/mol. The molecule has 1 N–H and O–H groups in total. The van der Waals surface area contributed by atoms with Gasteiger partial charge in [0.15, 0.2) is 0 Å². The highest BCUT2D eigenvalue weighted by molar-refractivity contribution is 7.86. The summed E-state index contributed by atoms with van der Waals surface area (Å²) in [4.78, 5) is 0. The van der Waals surface area contributed by atoms with Gasteiger partial charge in [0.2, 0.25) is 0 Å². The molecule has 0 amide bonds. The second-order valence-electron chi connectivity index (χ2n) is 5.85. The van der Waals surface area contributed by atoms with E-state index in [0.717, 1.165) is 32.1 Å². The number of aliphatic hydroxyl groups is 1. The van der Waals surface area contributed by atoms with Crippen LogP contribution in [0, 0.1) is 5.92 Å². The van der Waals surface area contributed by atoms with Crippen molar-refractivity contribution in [1.29, 1.82) is 0 Å². The van der Waals surface area contributed by atoms with Gasteiger partial charge in [0.05, 0.1) is 0 Å². The summed E-state index contributed by atoms with van der Waals surface area (Å²) in [6.45, 7) is 5.34. The number of hydrogen-bond donors (Lipinski definition) is 1. The third kappa shape index (κ3) is 2.96. The molecule has 2 atom stereocenters. The van der Waals surface area contributed by atoms with Crippen LogP contribution >= 0.6 is 0 Å². The Kier molecular flexibility index (Phi) is 4.87. The van der Waals surface area contributed by atoms with E-state index in [9.17, 15) is 8.42 Å². The maximum Gasteiger partial charge on any atom is 0.282 e. The Hall–Kier alpha value is -0.170. The van der Waals surface area contributed by atoms with Crippen LogP contribution in [0.2, 0.25) is 0 Å². The van der Waals surface area contributed by atoms with Crippen molar-refractivity contribution in [3.8, 4) is 0 Å². The van der Waals surface area contributed by atoms with E-state index >= 15 is 0 Å². The average Bonchev–Trinajstić information content (AvgIpc) is 2.80. The zero-order chi connectivity index (χ0) is 14.0. The van der Waals surface area contributed by atoms with Crippen LogP contribution in [0.25, 0.3) is 0 Å². The van der Waals surface area contributed by atoms with Crippen molar-refractivity contribution >= 4 is 10.2 Å². The Morgan fingerprint density at radius 1 is 1.16 bits per heavy atom. The summed E-state index contributed by atoms with van der Waals surface area (Å²) >= 11 is 0. The van der Waals surface area contributed by atoms with E-state index in [2.05, 4.69) is 6.92 Å². The molecule has 2 aliphatic heterocycles. The molecule has 0 radical (unpaired) electrons. The van der Waals surface area contributed by atoms with Crippen LogP contribution in [-0.4, -0.2) is 53.9 Å². The summed E-state index contributed by atoms with van der Waals surface area (Å²) in [5.74, 6) is 0.268. The van der Waals surface area contributed by atoms with Crippen LogP contribution < -0.4 is 0 Å².